The van der Waals surface area contributed by atoms with Gasteiger partial charge in [0.2, 0.25) is 5.95 Å². The second-order valence-corrected chi connectivity index (χ2v) is 8.64. The second kappa shape index (κ2) is 9.72. The van der Waals surface area contributed by atoms with Crippen molar-refractivity contribution in [2.75, 3.05) is 31.2 Å². The van der Waals surface area contributed by atoms with Crippen LogP contribution in [0.2, 0.25) is 0 Å². The summed E-state index contributed by atoms with van der Waals surface area (Å²) < 4.78 is 49.5. The molecule has 0 radical (unpaired) electrons. The molecule has 2 aromatic heterocycles. The van der Waals surface area contributed by atoms with E-state index in [1.165, 1.54) is 10.7 Å². The smallest absolute Gasteiger partial charge is 0.406 e. The van der Waals surface area contributed by atoms with E-state index in [0.29, 0.717) is 43.6 Å². The summed E-state index contributed by atoms with van der Waals surface area (Å²) >= 11 is 0. The second-order valence-electron chi connectivity index (χ2n) is 8.64. The van der Waals surface area contributed by atoms with Crippen LogP contribution >= 0.6 is 0 Å². The molecule has 1 atom stereocenters. The molecule has 1 aliphatic carbocycles. The number of aromatic nitrogens is 5. The summed E-state index contributed by atoms with van der Waals surface area (Å²) in [6.45, 7) is 4.00. The summed E-state index contributed by atoms with van der Waals surface area (Å²) in [7, 11) is 0. The molecule has 0 unspecified atom stereocenters. The number of alkyl halides is 3. The van der Waals surface area contributed by atoms with Crippen LogP contribution in [0.15, 0.2) is 36.7 Å². The number of ether oxygens (including phenoxy) is 2. The molecule has 1 saturated heterocycles. The zero-order valence-corrected chi connectivity index (χ0v) is 19.4. The normalized spacial score (nSPS) is 17.1. The predicted molar refractivity (Wildman–Crippen MR) is 121 cm³/mol. The summed E-state index contributed by atoms with van der Waals surface area (Å²) in [4.78, 5) is 28.2. The molecule has 1 aliphatic heterocycles. The highest BCUT2D eigenvalue weighted by molar-refractivity contribution is 5.95. The van der Waals surface area contributed by atoms with Gasteiger partial charge in [0.05, 0.1) is 19.3 Å². The van der Waals surface area contributed by atoms with Crippen molar-refractivity contribution < 1.29 is 27.4 Å². The van der Waals surface area contributed by atoms with Crippen molar-refractivity contribution in [2.45, 2.75) is 38.1 Å². The maximum atomic E-state index is 13.1. The van der Waals surface area contributed by atoms with Crippen molar-refractivity contribution in [1.82, 2.24) is 30.0 Å². The standard InChI is InChI=1S/C23H24F3N7O3/c1-14(29-20(34)17-11-16(15-3-4-15)12-18(13-17)36-23(24,25)26)19-30-22(32-7-9-35-10-8-32)31-33(19)21-27-5-2-6-28-21/h2,5-6,11-15H,3-4,7-10H2,1H3,(H,29,34)/t14-/m0/s1. The summed E-state index contributed by atoms with van der Waals surface area (Å²) in [5, 5.41) is 7.38. The molecule has 3 heterocycles. The van der Waals surface area contributed by atoms with Gasteiger partial charge in [0.25, 0.3) is 11.9 Å². The predicted octanol–water partition coefficient (Wildman–Crippen LogP) is 3.16. The number of halogens is 3. The van der Waals surface area contributed by atoms with Gasteiger partial charge >= 0.3 is 6.36 Å². The lowest BCUT2D eigenvalue weighted by Crippen LogP contribution is -2.37. The zero-order valence-electron chi connectivity index (χ0n) is 19.4. The van der Waals surface area contributed by atoms with E-state index in [1.54, 1.807) is 31.5 Å². The topological polar surface area (TPSA) is 107 Å². The fourth-order valence-corrected chi connectivity index (χ4v) is 3.98. The molecule has 0 bridgehead atoms. The number of anilines is 1. The van der Waals surface area contributed by atoms with Gasteiger partial charge in [-0.05, 0) is 55.5 Å². The molecule has 2 fully saturated rings. The van der Waals surface area contributed by atoms with Crippen LogP contribution in [0.3, 0.4) is 0 Å². The maximum Gasteiger partial charge on any atom is 0.573 e. The SMILES string of the molecule is C[C@H](NC(=O)c1cc(OC(F)(F)F)cc(C2CC2)c1)c1nc(N2CCOCC2)nn1-c1ncccn1. The van der Waals surface area contributed by atoms with Crippen molar-refractivity contribution in [3.63, 3.8) is 0 Å². The summed E-state index contributed by atoms with van der Waals surface area (Å²) in [5.74, 6) is 0.241. The molecular weight excluding hydrogens is 479 g/mol. The molecule has 5 rings (SSSR count). The van der Waals surface area contributed by atoms with Crippen LogP contribution in [0.4, 0.5) is 19.1 Å². The Kier molecular flexibility index (Phi) is 6.48. The number of hydrogen-bond donors (Lipinski definition) is 1. The lowest BCUT2D eigenvalue weighted by Gasteiger charge is -2.25. The van der Waals surface area contributed by atoms with Gasteiger partial charge in [-0.1, -0.05) is 0 Å². The lowest BCUT2D eigenvalue weighted by molar-refractivity contribution is -0.274. The molecule has 10 nitrogen and oxygen atoms in total. The first kappa shape index (κ1) is 24.0. The van der Waals surface area contributed by atoms with Crippen LogP contribution < -0.4 is 15.0 Å². The maximum absolute atomic E-state index is 13.1. The number of nitrogens with zero attached hydrogens (tertiary/aromatic N) is 6. The monoisotopic (exact) mass is 503 g/mol. The molecule has 2 aliphatic rings. The number of carbonyl (C=O) groups excluding carboxylic acids is 1. The largest absolute Gasteiger partial charge is 0.573 e. The summed E-state index contributed by atoms with van der Waals surface area (Å²) in [6.07, 6.45) is -0.00587. The molecule has 0 spiro atoms. The number of hydrogen-bond acceptors (Lipinski definition) is 8. The van der Waals surface area contributed by atoms with Crippen LogP contribution in [0.5, 0.6) is 5.75 Å². The first-order chi connectivity index (χ1) is 17.3. The molecule has 36 heavy (non-hydrogen) atoms. The van der Waals surface area contributed by atoms with Crippen molar-refractivity contribution in [3.05, 3.63) is 53.6 Å². The van der Waals surface area contributed by atoms with Gasteiger partial charge < -0.3 is 19.7 Å². The Hall–Kier alpha value is -3.74. The van der Waals surface area contributed by atoms with Gasteiger partial charge in [0.15, 0.2) is 5.82 Å². The minimum Gasteiger partial charge on any atom is -0.406 e. The van der Waals surface area contributed by atoms with E-state index in [0.717, 1.165) is 18.9 Å². The number of carbonyl (C=O) groups is 1. The minimum atomic E-state index is -4.86. The Balaban J connectivity index is 1.42. The first-order valence-corrected chi connectivity index (χ1v) is 11.6. The third-order valence-corrected chi connectivity index (χ3v) is 5.86. The van der Waals surface area contributed by atoms with Gasteiger partial charge in [0, 0.05) is 31.0 Å². The number of benzene rings is 1. The van der Waals surface area contributed by atoms with Crippen LogP contribution in [-0.4, -0.2) is 63.3 Å². The minimum absolute atomic E-state index is 0.0703. The van der Waals surface area contributed by atoms with Gasteiger partial charge in [0.1, 0.15) is 5.75 Å². The van der Waals surface area contributed by atoms with E-state index in [2.05, 4.69) is 30.1 Å². The van der Waals surface area contributed by atoms with Gasteiger partial charge in [-0.25, -0.2) is 9.97 Å². The highest BCUT2D eigenvalue weighted by Gasteiger charge is 2.33. The molecule has 1 aromatic carbocycles. The Bertz CT molecular complexity index is 1230. The average Bonchev–Trinajstić information content (AvgIpc) is 3.62. The third-order valence-electron chi connectivity index (χ3n) is 5.86. The van der Waals surface area contributed by atoms with E-state index in [9.17, 15) is 18.0 Å². The number of amides is 1. The Morgan fingerprint density at radius 1 is 1.14 bits per heavy atom. The van der Waals surface area contributed by atoms with Crippen LogP contribution in [0.1, 0.15) is 53.5 Å². The quantitative estimate of drug-likeness (QED) is 0.524. The van der Waals surface area contributed by atoms with E-state index >= 15 is 0 Å². The average molecular weight is 503 g/mol. The van der Waals surface area contributed by atoms with Gasteiger partial charge in [-0.3, -0.25) is 4.79 Å². The highest BCUT2D eigenvalue weighted by atomic mass is 19.4. The molecule has 190 valence electrons. The Morgan fingerprint density at radius 2 is 1.86 bits per heavy atom. The van der Waals surface area contributed by atoms with E-state index in [1.807, 2.05) is 4.90 Å². The summed E-state index contributed by atoms with van der Waals surface area (Å²) in [6, 6.07) is 5.03. The fourth-order valence-electron chi connectivity index (χ4n) is 3.98. The van der Waals surface area contributed by atoms with Crippen molar-refractivity contribution >= 4 is 11.9 Å². The number of rotatable bonds is 7. The van der Waals surface area contributed by atoms with Gasteiger partial charge in [-0.15, -0.1) is 18.3 Å². The van der Waals surface area contributed by atoms with Gasteiger partial charge in [-0.2, -0.15) is 9.67 Å². The van der Waals surface area contributed by atoms with Crippen LogP contribution in [-0.2, 0) is 4.74 Å². The molecule has 13 heteroatoms. The van der Waals surface area contributed by atoms with E-state index < -0.39 is 24.1 Å². The molecule has 1 amide bonds. The van der Waals surface area contributed by atoms with E-state index in [4.69, 9.17) is 4.74 Å². The molecule has 3 aromatic rings. The Labute approximate surface area is 204 Å². The third kappa shape index (κ3) is 5.56. The molecule has 1 saturated carbocycles. The van der Waals surface area contributed by atoms with E-state index in [-0.39, 0.29) is 17.4 Å². The summed E-state index contributed by atoms with van der Waals surface area (Å²) in [5.41, 5.74) is 0.714. The number of morpholine rings is 1. The fraction of sp³-hybridized carbons (Fsp3) is 0.435. The van der Waals surface area contributed by atoms with Crippen molar-refractivity contribution in [3.8, 4) is 11.7 Å². The first-order valence-electron chi connectivity index (χ1n) is 11.6. The van der Waals surface area contributed by atoms with Crippen molar-refractivity contribution in [1.29, 1.82) is 0 Å². The number of nitrogens with one attached hydrogen (secondary N) is 1. The Morgan fingerprint density at radius 3 is 2.53 bits per heavy atom. The highest BCUT2D eigenvalue weighted by Crippen LogP contribution is 2.42. The zero-order chi connectivity index (χ0) is 25.3. The molecular formula is C23H24F3N7O3. The van der Waals surface area contributed by atoms with Crippen molar-refractivity contribution in [2.24, 2.45) is 0 Å². The van der Waals surface area contributed by atoms with Crippen LogP contribution in [0.25, 0.3) is 5.95 Å². The lowest BCUT2D eigenvalue weighted by atomic mass is 10.1. The molecule has 1 N–H and O–H groups in total. The van der Waals surface area contributed by atoms with Crippen LogP contribution in [0, 0.1) is 0 Å².